The van der Waals surface area contributed by atoms with E-state index >= 15 is 0 Å². The van der Waals surface area contributed by atoms with Crippen molar-refractivity contribution >= 4 is 23.5 Å². The molecular formula is C25H26N2O6. The molecule has 172 valence electrons. The van der Waals surface area contributed by atoms with Gasteiger partial charge in [0.1, 0.15) is 11.5 Å². The van der Waals surface area contributed by atoms with Crippen LogP contribution in [0.2, 0.25) is 0 Å². The number of hydrogen-bond donors (Lipinski definition) is 1. The number of hydrogen-bond acceptors (Lipinski definition) is 6. The highest BCUT2D eigenvalue weighted by Gasteiger charge is 2.19. The highest BCUT2D eigenvalue weighted by molar-refractivity contribution is 6.04. The Bertz CT molecular complexity index is 1090. The van der Waals surface area contributed by atoms with Crippen molar-refractivity contribution in [2.24, 2.45) is 0 Å². The lowest BCUT2D eigenvalue weighted by Gasteiger charge is -2.20. The molecule has 0 atom stereocenters. The van der Waals surface area contributed by atoms with Gasteiger partial charge in [-0.1, -0.05) is 12.1 Å². The van der Waals surface area contributed by atoms with Gasteiger partial charge in [-0.25, -0.2) is 4.79 Å². The Balaban J connectivity index is 1.60. The van der Waals surface area contributed by atoms with Gasteiger partial charge in [-0.05, 0) is 62.4 Å². The number of ether oxygens (including phenoxy) is 2. The number of nitrogens with zero attached hydrogens (tertiary/aromatic N) is 1. The quantitative estimate of drug-likeness (QED) is 0.498. The van der Waals surface area contributed by atoms with Gasteiger partial charge in [-0.3, -0.25) is 9.59 Å². The summed E-state index contributed by atoms with van der Waals surface area (Å²) < 4.78 is 15.9. The van der Waals surface area contributed by atoms with E-state index < -0.39 is 5.97 Å². The van der Waals surface area contributed by atoms with Crippen LogP contribution in [-0.4, -0.2) is 37.5 Å². The molecule has 0 unspecified atom stereocenters. The van der Waals surface area contributed by atoms with Gasteiger partial charge in [0.2, 0.25) is 0 Å². The van der Waals surface area contributed by atoms with Crippen molar-refractivity contribution in [3.63, 3.8) is 0 Å². The van der Waals surface area contributed by atoms with Gasteiger partial charge in [0, 0.05) is 7.05 Å². The fourth-order valence-electron chi connectivity index (χ4n) is 2.98. The first-order chi connectivity index (χ1) is 15.8. The van der Waals surface area contributed by atoms with E-state index in [2.05, 4.69) is 5.32 Å². The summed E-state index contributed by atoms with van der Waals surface area (Å²) in [5, 5.41) is 2.78. The van der Waals surface area contributed by atoms with Gasteiger partial charge in [-0.15, -0.1) is 0 Å². The Kier molecular flexibility index (Phi) is 7.86. The minimum atomic E-state index is -0.422. The minimum Gasteiger partial charge on any atom is -0.484 e. The number of carbonyl (C=O) groups excluding carboxylic acids is 3. The SMILES string of the molecule is CC(C)OC(=O)c1ccc(OCC(=O)N(C)c2ccccc2C(=O)NCc2ccco2)cc1. The summed E-state index contributed by atoms with van der Waals surface area (Å²) in [6.45, 7) is 3.55. The second kappa shape index (κ2) is 11.0. The van der Waals surface area contributed by atoms with Crippen LogP contribution in [0.4, 0.5) is 5.69 Å². The number of likely N-dealkylation sites (N-methyl/N-ethyl adjacent to an activating group) is 1. The third kappa shape index (κ3) is 6.46. The van der Waals surface area contributed by atoms with Crippen LogP contribution in [0.25, 0.3) is 0 Å². The molecule has 3 rings (SSSR count). The van der Waals surface area contributed by atoms with Crippen molar-refractivity contribution in [2.45, 2.75) is 26.5 Å². The van der Waals surface area contributed by atoms with Gasteiger partial charge in [0.05, 0.1) is 35.7 Å². The van der Waals surface area contributed by atoms with Crippen LogP contribution in [0.15, 0.2) is 71.3 Å². The Morgan fingerprint density at radius 1 is 1.00 bits per heavy atom. The maximum atomic E-state index is 12.7. The van der Waals surface area contributed by atoms with Gasteiger partial charge in [0.15, 0.2) is 6.61 Å². The van der Waals surface area contributed by atoms with Crippen molar-refractivity contribution in [3.8, 4) is 5.75 Å². The fourth-order valence-corrected chi connectivity index (χ4v) is 2.98. The van der Waals surface area contributed by atoms with Crippen molar-refractivity contribution in [1.82, 2.24) is 5.32 Å². The number of furan rings is 1. The first kappa shape index (κ1) is 23.6. The number of anilines is 1. The summed E-state index contributed by atoms with van der Waals surface area (Å²) in [7, 11) is 1.58. The summed E-state index contributed by atoms with van der Waals surface area (Å²) in [5.41, 5.74) is 1.21. The van der Waals surface area contributed by atoms with Gasteiger partial charge in [0.25, 0.3) is 11.8 Å². The van der Waals surface area contributed by atoms with Crippen LogP contribution in [0.5, 0.6) is 5.75 Å². The van der Waals surface area contributed by atoms with Gasteiger partial charge < -0.3 is 24.1 Å². The second-order valence-electron chi connectivity index (χ2n) is 7.50. The Morgan fingerprint density at radius 2 is 1.73 bits per heavy atom. The van der Waals surface area contributed by atoms with Crippen LogP contribution in [0.1, 0.15) is 40.3 Å². The van der Waals surface area contributed by atoms with Crippen LogP contribution < -0.4 is 15.0 Å². The van der Waals surface area contributed by atoms with Crippen LogP contribution in [-0.2, 0) is 16.1 Å². The monoisotopic (exact) mass is 450 g/mol. The van der Waals surface area contributed by atoms with E-state index in [9.17, 15) is 14.4 Å². The lowest BCUT2D eigenvalue weighted by Crippen LogP contribution is -2.33. The zero-order valence-electron chi connectivity index (χ0n) is 18.7. The Morgan fingerprint density at radius 3 is 2.39 bits per heavy atom. The number of para-hydroxylation sites is 1. The van der Waals surface area contributed by atoms with E-state index in [-0.39, 0.29) is 31.1 Å². The van der Waals surface area contributed by atoms with Crippen LogP contribution in [0, 0.1) is 0 Å². The fraction of sp³-hybridized carbons (Fsp3) is 0.240. The number of esters is 1. The van der Waals surface area contributed by atoms with E-state index in [1.807, 2.05) is 0 Å². The molecule has 0 fully saturated rings. The van der Waals surface area contributed by atoms with E-state index in [0.29, 0.717) is 28.3 Å². The molecular weight excluding hydrogens is 424 g/mol. The molecule has 0 aliphatic carbocycles. The maximum absolute atomic E-state index is 12.7. The third-order valence-electron chi connectivity index (χ3n) is 4.68. The lowest BCUT2D eigenvalue weighted by molar-refractivity contribution is -0.120. The summed E-state index contributed by atoms with van der Waals surface area (Å²) in [4.78, 5) is 38.7. The molecule has 8 heteroatoms. The molecule has 0 saturated carbocycles. The molecule has 2 aromatic carbocycles. The molecule has 0 aliphatic rings. The van der Waals surface area contributed by atoms with E-state index in [4.69, 9.17) is 13.9 Å². The smallest absolute Gasteiger partial charge is 0.338 e. The molecule has 0 saturated heterocycles. The molecule has 3 aromatic rings. The first-order valence-corrected chi connectivity index (χ1v) is 10.4. The average Bonchev–Trinajstić information content (AvgIpc) is 3.34. The predicted molar refractivity (Wildman–Crippen MR) is 122 cm³/mol. The summed E-state index contributed by atoms with van der Waals surface area (Å²) in [6, 6.07) is 16.7. The van der Waals surface area contributed by atoms with Gasteiger partial charge in [-0.2, -0.15) is 0 Å². The molecule has 33 heavy (non-hydrogen) atoms. The van der Waals surface area contributed by atoms with Crippen LogP contribution >= 0.6 is 0 Å². The van der Waals surface area contributed by atoms with E-state index in [1.165, 1.54) is 11.2 Å². The third-order valence-corrected chi connectivity index (χ3v) is 4.68. The standard InChI is InChI=1S/C25H26N2O6/c1-17(2)33-25(30)18-10-12-19(13-11-18)32-16-23(28)27(3)22-9-5-4-8-21(22)24(29)26-15-20-7-6-14-31-20/h4-14,17H,15-16H2,1-3H3,(H,26,29). The number of benzene rings is 2. The molecule has 0 radical (unpaired) electrons. The molecule has 0 aliphatic heterocycles. The van der Waals surface area contributed by atoms with Crippen molar-refractivity contribution in [3.05, 3.63) is 83.8 Å². The van der Waals surface area contributed by atoms with E-state index in [0.717, 1.165) is 0 Å². The minimum absolute atomic E-state index is 0.211. The largest absolute Gasteiger partial charge is 0.484 e. The zero-order valence-corrected chi connectivity index (χ0v) is 18.7. The van der Waals surface area contributed by atoms with E-state index in [1.54, 1.807) is 81.6 Å². The second-order valence-corrected chi connectivity index (χ2v) is 7.50. The van der Waals surface area contributed by atoms with Crippen molar-refractivity contribution in [1.29, 1.82) is 0 Å². The maximum Gasteiger partial charge on any atom is 0.338 e. The average molecular weight is 450 g/mol. The summed E-state index contributed by atoms with van der Waals surface area (Å²) >= 11 is 0. The molecule has 0 bridgehead atoms. The lowest BCUT2D eigenvalue weighted by atomic mass is 10.1. The number of amides is 2. The van der Waals surface area contributed by atoms with Crippen molar-refractivity contribution < 1.29 is 28.3 Å². The summed E-state index contributed by atoms with van der Waals surface area (Å²) in [5.74, 6) is -0.0326. The Hall–Kier alpha value is -4.07. The number of carbonyl (C=O) groups is 3. The normalized spacial score (nSPS) is 10.5. The molecule has 2 amide bonds. The molecule has 1 aromatic heterocycles. The van der Waals surface area contributed by atoms with Gasteiger partial charge >= 0.3 is 5.97 Å². The summed E-state index contributed by atoms with van der Waals surface area (Å²) in [6.07, 6.45) is 1.32. The van der Waals surface area contributed by atoms with Crippen LogP contribution in [0.3, 0.4) is 0 Å². The van der Waals surface area contributed by atoms with Crippen molar-refractivity contribution in [2.75, 3.05) is 18.6 Å². The highest BCUT2D eigenvalue weighted by atomic mass is 16.5. The predicted octanol–water partition coefficient (Wildman–Crippen LogP) is 3.82. The zero-order chi connectivity index (χ0) is 23.8. The Labute approximate surface area is 192 Å². The number of rotatable bonds is 9. The molecule has 8 nitrogen and oxygen atoms in total. The highest BCUT2D eigenvalue weighted by Crippen LogP contribution is 2.20. The molecule has 1 heterocycles. The topological polar surface area (TPSA) is 98.1 Å². The molecule has 0 spiro atoms. The molecule has 1 N–H and O–H groups in total. The first-order valence-electron chi connectivity index (χ1n) is 10.4. The number of nitrogens with one attached hydrogen (secondary N) is 1.